The zero-order valence-electron chi connectivity index (χ0n) is 14.1. The first-order valence-electron chi connectivity index (χ1n) is 7.54. The number of nitrogens with one attached hydrogen (secondary N) is 1. The number of hydrogen-bond donors (Lipinski definition) is 2. The minimum atomic E-state index is -1.10. The predicted octanol–water partition coefficient (Wildman–Crippen LogP) is -0.702. The highest BCUT2D eigenvalue weighted by molar-refractivity contribution is 5.73. The van der Waals surface area contributed by atoms with Gasteiger partial charge in [-0.1, -0.05) is 0 Å². The molecule has 0 aromatic carbocycles. The lowest BCUT2D eigenvalue weighted by Gasteiger charge is -2.43. The molecule has 0 heterocycles. The van der Waals surface area contributed by atoms with Gasteiger partial charge in [-0.2, -0.15) is 0 Å². The van der Waals surface area contributed by atoms with Crippen LogP contribution in [-0.4, -0.2) is 59.9 Å². The summed E-state index contributed by atoms with van der Waals surface area (Å²) >= 11 is 0. The van der Waals surface area contributed by atoms with Gasteiger partial charge in [0, 0.05) is 33.6 Å². The Bertz CT molecular complexity index is 506. The van der Waals surface area contributed by atoms with E-state index >= 15 is 0 Å². The van der Waals surface area contributed by atoms with E-state index in [1.165, 1.54) is 20.8 Å². The van der Waals surface area contributed by atoms with Crippen LogP contribution >= 0.6 is 0 Å². The Kier molecular flexibility index (Phi) is 7.15. The van der Waals surface area contributed by atoms with Gasteiger partial charge in [0.05, 0.1) is 18.8 Å². The summed E-state index contributed by atoms with van der Waals surface area (Å²) in [6.45, 7) is 4.71. The Morgan fingerprint density at radius 1 is 0.958 bits per heavy atom. The second-order valence-electron chi connectivity index (χ2n) is 5.74. The number of rotatable bonds is 5. The van der Waals surface area contributed by atoms with Gasteiger partial charge in [0.25, 0.3) is 0 Å². The van der Waals surface area contributed by atoms with Crippen LogP contribution in [0.25, 0.3) is 0 Å². The van der Waals surface area contributed by atoms with Gasteiger partial charge in [0.15, 0.2) is 6.10 Å². The fraction of sp³-hybridized carbons (Fsp3) is 0.733. The lowest BCUT2D eigenvalue weighted by molar-refractivity contribution is -0.190. The minimum absolute atomic E-state index is 0.0912. The molecule has 0 spiro atoms. The summed E-state index contributed by atoms with van der Waals surface area (Å²) in [7, 11) is 0. The van der Waals surface area contributed by atoms with E-state index in [-0.39, 0.29) is 13.0 Å². The average Bonchev–Trinajstić information content (AvgIpc) is 2.42. The summed E-state index contributed by atoms with van der Waals surface area (Å²) in [6.07, 6.45) is -3.04. The normalized spacial score (nSPS) is 29.3. The molecule has 1 rings (SSSR count). The Labute approximate surface area is 139 Å². The van der Waals surface area contributed by atoms with Crippen molar-refractivity contribution in [3.63, 3.8) is 0 Å². The second-order valence-corrected chi connectivity index (χ2v) is 5.74. The standard InChI is InChI=1S/C15H23NO8/c1-7(17)16-13-12(21)5-11(6-22-8(2)18)14(23-9(3)19)15(13)24-10(4)20/h11-15,21H,5-6H2,1-4H3,(H,16,17)/t11-,12+,13+,14-,15-/m1/s1. The van der Waals surface area contributed by atoms with E-state index in [1.54, 1.807) is 0 Å². The predicted molar refractivity (Wildman–Crippen MR) is 79.5 cm³/mol. The van der Waals surface area contributed by atoms with Gasteiger partial charge in [0.2, 0.25) is 5.91 Å². The first-order chi connectivity index (χ1) is 11.1. The van der Waals surface area contributed by atoms with E-state index in [4.69, 9.17) is 14.2 Å². The number of amides is 1. The second kappa shape index (κ2) is 8.62. The first kappa shape index (κ1) is 19.9. The molecule has 1 fully saturated rings. The van der Waals surface area contributed by atoms with E-state index in [0.29, 0.717) is 0 Å². The third-order valence-electron chi connectivity index (χ3n) is 3.58. The lowest BCUT2D eigenvalue weighted by Crippen LogP contribution is -2.63. The van der Waals surface area contributed by atoms with Crippen molar-refractivity contribution in [1.82, 2.24) is 5.32 Å². The molecule has 0 aliphatic heterocycles. The summed E-state index contributed by atoms with van der Waals surface area (Å²) in [4.78, 5) is 45.2. The number of carbonyl (C=O) groups excluding carboxylic acids is 4. The molecule has 0 saturated heterocycles. The molecule has 136 valence electrons. The van der Waals surface area contributed by atoms with Gasteiger partial charge in [0.1, 0.15) is 6.10 Å². The van der Waals surface area contributed by atoms with Crippen molar-refractivity contribution in [2.24, 2.45) is 5.92 Å². The van der Waals surface area contributed by atoms with Crippen LogP contribution in [0.4, 0.5) is 0 Å². The Hall–Kier alpha value is -2.16. The smallest absolute Gasteiger partial charge is 0.303 e. The van der Waals surface area contributed by atoms with Crippen molar-refractivity contribution in [3.8, 4) is 0 Å². The SMILES string of the molecule is CC(=O)N[C@@H]1[C@@H](OC(C)=O)[C@H](OC(C)=O)[C@@H](COC(C)=O)C[C@@H]1O. The van der Waals surface area contributed by atoms with Crippen molar-refractivity contribution in [1.29, 1.82) is 0 Å². The molecule has 9 nitrogen and oxygen atoms in total. The maximum atomic E-state index is 11.4. The molecule has 1 saturated carbocycles. The van der Waals surface area contributed by atoms with Crippen LogP contribution in [-0.2, 0) is 33.4 Å². The Morgan fingerprint density at radius 3 is 1.96 bits per heavy atom. The van der Waals surface area contributed by atoms with Crippen LogP contribution < -0.4 is 5.32 Å². The number of aliphatic hydroxyl groups is 1. The van der Waals surface area contributed by atoms with Crippen molar-refractivity contribution in [3.05, 3.63) is 0 Å². The number of ether oxygens (including phenoxy) is 3. The quantitative estimate of drug-likeness (QED) is 0.494. The van der Waals surface area contributed by atoms with Gasteiger partial charge >= 0.3 is 17.9 Å². The van der Waals surface area contributed by atoms with Crippen LogP contribution in [0.2, 0.25) is 0 Å². The fourth-order valence-corrected chi connectivity index (χ4v) is 2.77. The maximum Gasteiger partial charge on any atom is 0.303 e. The molecule has 9 heteroatoms. The number of carbonyl (C=O) groups is 4. The van der Waals surface area contributed by atoms with Crippen molar-refractivity contribution in [2.45, 2.75) is 58.5 Å². The van der Waals surface area contributed by atoms with E-state index in [2.05, 4.69) is 5.32 Å². The summed E-state index contributed by atoms with van der Waals surface area (Å²) in [5.41, 5.74) is 0. The average molecular weight is 345 g/mol. The molecule has 24 heavy (non-hydrogen) atoms. The summed E-state index contributed by atoms with van der Waals surface area (Å²) < 4.78 is 15.4. The molecule has 0 bridgehead atoms. The number of aliphatic hydroxyl groups excluding tert-OH is 1. The monoisotopic (exact) mass is 345 g/mol. The zero-order valence-corrected chi connectivity index (χ0v) is 14.1. The van der Waals surface area contributed by atoms with E-state index in [1.807, 2.05) is 0 Å². The molecule has 1 aliphatic rings. The molecule has 2 N–H and O–H groups in total. The van der Waals surface area contributed by atoms with Crippen LogP contribution in [0, 0.1) is 5.92 Å². The van der Waals surface area contributed by atoms with Gasteiger partial charge in [-0.25, -0.2) is 0 Å². The Morgan fingerprint density at radius 2 is 1.50 bits per heavy atom. The summed E-state index contributed by atoms with van der Waals surface area (Å²) in [6, 6.07) is -0.940. The minimum Gasteiger partial charge on any atom is -0.465 e. The summed E-state index contributed by atoms with van der Waals surface area (Å²) in [5.74, 6) is -2.83. The van der Waals surface area contributed by atoms with Crippen molar-refractivity contribution < 1.29 is 38.5 Å². The Balaban J connectivity index is 3.11. The molecule has 0 aromatic heterocycles. The number of esters is 3. The molecule has 0 aromatic rings. The van der Waals surface area contributed by atoms with Gasteiger partial charge in [-0.15, -0.1) is 0 Å². The highest BCUT2D eigenvalue weighted by atomic mass is 16.6. The first-order valence-corrected chi connectivity index (χ1v) is 7.54. The molecule has 0 radical (unpaired) electrons. The molecule has 5 atom stereocenters. The van der Waals surface area contributed by atoms with Gasteiger partial charge < -0.3 is 24.6 Å². The molecule has 1 aliphatic carbocycles. The molecular formula is C15H23NO8. The molecular weight excluding hydrogens is 322 g/mol. The highest BCUT2D eigenvalue weighted by Crippen LogP contribution is 2.31. The van der Waals surface area contributed by atoms with E-state index in [9.17, 15) is 24.3 Å². The van der Waals surface area contributed by atoms with Gasteiger partial charge in [-0.05, 0) is 6.42 Å². The highest BCUT2D eigenvalue weighted by Gasteiger charge is 2.49. The topological polar surface area (TPSA) is 128 Å². The molecule has 0 unspecified atom stereocenters. The van der Waals surface area contributed by atoms with Crippen LogP contribution in [0.1, 0.15) is 34.1 Å². The summed E-state index contributed by atoms with van der Waals surface area (Å²) in [5, 5.41) is 12.8. The van der Waals surface area contributed by atoms with Crippen LogP contribution in [0.3, 0.4) is 0 Å². The maximum absolute atomic E-state index is 11.4. The van der Waals surface area contributed by atoms with E-state index < -0.39 is 54.1 Å². The van der Waals surface area contributed by atoms with Crippen molar-refractivity contribution in [2.75, 3.05) is 6.61 Å². The van der Waals surface area contributed by atoms with Crippen molar-refractivity contribution >= 4 is 23.8 Å². The number of hydrogen-bond acceptors (Lipinski definition) is 8. The third-order valence-corrected chi connectivity index (χ3v) is 3.58. The zero-order chi connectivity index (χ0) is 18.4. The van der Waals surface area contributed by atoms with Gasteiger partial charge in [-0.3, -0.25) is 19.2 Å². The molecule has 1 amide bonds. The fourth-order valence-electron chi connectivity index (χ4n) is 2.77. The van der Waals surface area contributed by atoms with E-state index in [0.717, 1.165) is 6.92 Å². The van der Waals surface area contributed by atoms with Crippen LogP contribution in [0.15, 0.2) is 0 Å². The third kappa shape index (κ3) is 5.80. The lowest BCUT2D eigenvalue weighted by atomic mass is 9.79. The van der Waals surface area contributed by atoms with Crippen LogP contribution in [0.5, 0.6) is 0 Å². The largest absolute Gasteiger partial charge is 0.465 e.